The summed E-state index contributed by atoms with van der Waals surface area (Å²) in [7, 11) is 0. The van der Waals surface area contributed by atoms with E-state index in [1.54, 1.807) is 0 Å². The molecule has 0 aliphatic heterocycles. The summed E-state index contributed by atoms with van der Waals surface area (Å²) in [5, 5.41) is 2.72. The van der Waals surface area contributed by atoms with Gasteiger partial charge in [0.25, 0.3) is 0 Å². The molecule has 47 valence electrons. The predicted octanol–water partition coefficient (Wildman–Crippen LogP) is 2.69. The minimum Gasteiger partial charge on any atom is -0.0837 e. The van der Waals surface area contributed by atoms with E-state index in [2.05, 4.69) is 31.4 Å². The van der Waals surface area contributed by atoms with Crippen LogP contribution in [0.3, 0.4) is 0 Å². The number of hydrogen-bond donors (Lipinski definition) is 0. The van der Waals surface area contributed by atoms with Crippen LogP contribution in [0.15, 0.2) is 0 Å². The van der Waals surface area contributed by atoms with Crippen molar-refractivity contribution in [2.45, 2.75) is 33.1 Å². The van der Waals surface area contributed by atoms with Gasteiger partial charge in [-0.3, -0.25) is 0 Å². The Morgan fingerprint density at radius 1 is 1.62 bits per heavy atom. The van der Waals surface area contributed by atoms with Gasteiger partial charge < -0.3 is 0 Å². The molecule has 0 spiro atoms. The van der Waals surface area contributed by atoms with E-state index in [4.69, 9.17) is 0 Å². The fourth-order valence-electron chi connectivity index (χ4n) is 0.509. The highest BCUT2D eigenvalue weighted by Crippen LogP contribution is 2.07. The SMILES string of the molecule is CCC(C)CC[C]=S. The van der Waals surface area contributed by atoms with Gasteiger partial charge in [0.2, 0.25) is 0 Å². The highest BCUT2D eigenvalue weighted by Gasteiger charge is 1.94. The van der Waals surface area contributed by atoms with Gasteiger partial charge in [-0.2, -0.15) is 0 Å². The molecule has 0 saturated heterocycles. The molecule has 0 amide bonds. The molecule has 0 N–H and O–H groups in total. The minimum absolute atomic E-state index is 0.824. The van der Waals surface area contributed by atoms with Gasteiger partial charge in [0.05, 0.1) is 0 Å². The zero-order valence-corrected chi connectivity index (χ0v) is 6.42. The van der Waals surface area contributed by atoms with Gasteiger partial charge >= 0.3 is 0 Å². The second kappa shape index (κ2) is 5.23. The average Bonchev–Trinajstić information content (AvgIpc) is 1.83. The first-order valence-electron chi connectivity index (χ1n) is 3.16. The van der Waals surface area contributed by atoms with Crippen molar-refractivity contribution in [1.82, 2.24) is 0 Å². The minimum atomic E-state index is 0.824. The molecule has 1 atom stereocenters. The molecule has 0 aromatic carbocycles. The van der Waals surface area contributed by atoms with Gasteiger partial charge in [0.1, 0.15) is 0 Å². The molecule has 8 heavy (non-hydrogen) atoms. The summed E-state index contributed by atoms with van der Waals surface area (Å²) < 4.78 is 0. The second-order valence-electron chi connectivity index (χ2n) is 2.20. The van der Waals surface area contributed by atoms with Gasteiger partial charge in [0, 0.05) is 5.37 Å². The Morgan fingerprint density at radius 3 is 2.62 bits per heavy atom. The monoisotopic (exact) mass is 129 g/mol. The Morgan fingerprint density at radius 2 is 2.25 bits per heavy atom. The van der Waals surface area contributed by atoms with Crippen LogP contribution in [0.1, 0.15) is 33.1 Å². The summed E-state index contributed by atoms with van der Waals surface area (Å²) in [4.78, 5) is 0. The summed E-state index contributed by atoms with van der Waals surface area (Å²) in [6.45, 7) is 4.45. The number of rotatable bonds is 4. The van der Waals surface area contributed by atoms with Crippen molar-refractivity contribution in [2.24, 2.45) is 5.92 Å². The van der Waals surface area contributed by atoms with Crippen LogP contribution < -0.4 is 0 Å². The first kappa shape index (κ1) is 8.09. The third kappa shape index (κ3) is 4.25. The van der Waals surface area contributed by atoms with Crippen LogP contribution in [-0.2, 0) is 0 Å². The third-order valence-corrected chi connectivity index (χ3v) is 1.64. The smallest absolute Gasteiger partial charge is 0.0291 e. The number of thiocarbonyl (C=S) groups is 1. The molecular formula is C7H13S. The lowest BCUT2D eigenvalue weighted by molar-refractivity contribution is 0.531. The molecule has 0 rings (SSSR count). The van der Waals surface area contributed by atoms with Crippen LogP contribution >= 0.6 is 12.2 Å². The Labute approximate surface area is 57.3 Å². The summed E-state index contributed by atoms with van der Waals surface area (Å²) >= 11 is 4.57. The van der Waals surface area contributed by atoms with Gasteiger partial charge in [-0.25, -0.2) is 0 Å². The van der Waals surface area contributed by atoms with E-state index in [1.165, 1.54) is 12.8 Å². The summed E-state index contributed by atoms with van der Waals surface area (Å²) in [6, 6.07) is 0. The molecule has 1 unspecified atom stereocenters. The van der Waals surface area contributed by atoms with Crippen LogP contribution in [0, 0.1) is 5.92 Å². The van der Waals surface area contributed by atoms with E-state index in [9.17, 15) is 0 Å². The maximum Gasteiger partial charge on any atom is 0.0291 e. The van der Waals surface area contributed by atoms with Crippen LogP contribution in [0.25, 0.3) is 0 Å². The highest BCUT2D eigenvalue weighted by molar-refractivity contribution is 7.78. The lowest BCUT2D eigenvalue weighted by atomic mass is 10.0. The summed E-state index contributed by atoms with van der Waals surface area (Å²) in [5.74, 6) is 0.824. The van der Waals surface area contributed by atoms with Gasteiger partial charge in [-0.05, 0) is 18.8 Å². The van der Waals surface area contributed by atoms with Crippen LogP contribution in [0.2, 0.25) is 0 Å². The van der Waals surface area contributed by atoms with E-state index in [1.807, 2.05) is 0 Å². The van der Waals surface area contributed by atoms with Gasteiger partial charge in [-0.1, -0.05) is 32.5 Å². The van der Waals surface area contributed by atoms with E-state index in [0.29, 0.717) is 0 Å². The van der Waals surface area contributed by atoms with Crippen molar-refractivity contribution in [3.05, 3.63) is 0 Å². The fourth-order valence-corrected chi connectivity index (χ4v) is 0.627. The van der Waals surface area contributed by atoms with Crippen molar-refractivity contribution < 1.29 is 0 Å². The zero-order valence-electron chi connectivity index (χ0n) is 5.61. The van der Waals surface area contributed by atoms with Crippen molar-refractivity contribution >= 4 is 17.6 Å². The van der Waals surface area contributed by atoms with Crippen LogP contribution in [0.4, 0.5) is 0 Å². The maximum atomic E-state index is 4.57. The van der Waals surface area contributed by atoms with E-state index < -0.39 is 0 Å². The second-order valence-corrected chi connectivity index (χ2v) is 2.49. The summed E-state index contributed by atoms with van der Waals surface area (Å²) in [5.41, 5.74) is 0. The molecule has 0 aromatic heterocycles. The van der Waals surface area contributed by atoms with E-state index >= 15 is 0 Å². The topological polar surface area (TPSA) is 0 Å². The fraction of sp³-hybridized carbons (Fsp3) is 0.857. The predicted molar refractivity (Wildman–Crippen MR) is 41.3 cm³/mol. The Hall–Kier alpha value is 0.0900. The summed E-state index contributed by atoms with van der Waals surface area (Å²) in [6.07, 6.45) is 3.45. The standard InChI is InChI=1S/C7H13S/c1-3-7(2)5-4-6-8/h7H,3-5H2,1-2H3. The molecule has 0 fully saturated rings. The Balaban J connectivity index is 2.97. The first-order valence-corrected chi connectivity index (χ1v) is 3.57. The highest BCUT2D eigenvalue weighted by atomic mass is 32.1. The van der Waals surface area contributed by atoms with Crippen molar-refractivity contribution in [2.75, 3.05) is 0 Å². The quantitative estimate of drug-likeness (QED) is 0.526. The number of hydrogen-bond acceptors (Lipinski definition) is 1. The zero-order chi connectivity index (χ0) is 6.41. The Kier molecular flexibility index (Phi) is 5.29. The van der Waals surface area contributed by atoms with E-state index in [-0.39, 0.29) is 0 Å². The maximum absolute atomic E-state index is 4.57. The van der Waals surface area contributed by atoms with Crippen molar-refractivity contribution in [3.8, 4) is 0 Å². The van der Waals surface area contributed by atoms with Gasteiger partial charge in [0.15, 0.2) is 0 Å². The molecule has 1 radical (unpaired) electrons. The van der Waals surface area contributed by atoms with Crippen LogP contribution in [-0.4, -0.2) is 5.37 Å². The molecule has 1 heteroatoms. The Bertz CT molecular complexity index is 59.4. The lowest BCUT2D eigenvalue weighted by Crippen LogP contribution is -1.90. The molecule has 0 heterocycles. The van der Waals surface area contributed by atoms with E-state index in [0.717, 1.165) is 12.3 Å². The third-order valence-electron chi connectivity index (χ3n) is 1.44. The van der Waals surface area contributed by atoms with Gasteiger partial charge in [-0.15, -0.1) is 0 Å². The molecule has 0 aliphatic carbocycles. The molecule has 0 aliphatic rings. The van der Waals surface area contributed by atoms with Crippen molar-refractivity contribution in [1.29, 1.82) is 0 Å². The lowest BCUT2D eigenvalue weighted by Gasteiger charge is -2.02. The molecular weight excluding hydrogens is 116 g/mol. The molecule has 0 bridgehead atoms. The van der Waals surface area contributed by atoms with Crippen molar-refractivity contribution in [3.63, 3.8) is 0 Å². The normalized spacial score (nSPS) is 13.2. The molecule has 0 nitrogen and oxygen atoms in total. The average molecular weight is 129 g/mol. The molecule has 0 aromatic rings. The largest absolute Gasteiger partial charge is 0.0837 e. The molecule has 0 saturated carbocycles. The first-order chi connectivity index (χ1) is 3.81. The van der Waals surface area contributed by atoms with Crippen LogP contribution in [0.5, 0.6) is 0 Å².